The Morgan fingerprint density at radius 3 is 2.88 bits per heavy atom. The van der Waals surface area contributed by atoms with Crippen LogP contribution < -0.4 is 5.73 Å². The summed E-state index contributed by atoms with van der Waals surface area (Å²) < 4.78 is 30.6. The van der Waals surface area contributed by atoms with Crippen LogP contribution >= 0.6 is 0 Å². The van der Waals surface area contributed by atoms with Crippen molar-refractivity contribution in [2.75, 3.05) is 26.8 Å². The molecule has 1 aromatic heterocycles. The first-order valence-electron chi connectivity index (χ1n) is 5.30. The molecule has 0 unspecified atom stereocenters. The summed E-state index contributed by atoms with van der Waals surface area (Å²) in [5, 5.41) is 6.22. The third kappa shape index (κ3) is 3.25. The van der Waals surface area contributed by atoms with Gasteiger partial charge in [-0.15, -0.1) is 0 Å². The number of likely N-dealkylation sites (N-methyl/N-ethyl adjacent to an activating group) is 1. The minimum absolute atomic E-state index is 0.0546. The van der Waals surface area contributed by atoms with Crippen molar-refractivity contribution in [3.05, 3.63) is 11.8 Å². The van der Waals surface area contributed by atoms with Crippen molar-refractivity contribution in [3.63, 3.8) is 0 Å². The van der Waals surface area contributed by atoms with Crippen molar-refractivity contribution >= 4 is 10.0 Å². The molecule has 1 rings (SSSR count). The molecule has 0 aromatic carbocycles. The molecule has 0 aliphatic carbocycles. The molecule has 7 nitrogen and oxygen atoms in total. The first-order chi connectivity index (χ1) is 8.04. The van der Waals surface area contributed by atoms with E-state index >= 15 is 0 Å². The van der Waals surface area contributed by atoms with Crippen molar-refractivity contribution in [3.8, 4) is 0 Å². The highest BCUT2D eigenvalue weighted by atomic mass is 32.2. The summed E-state index contributed by atoms with van der Waals surface area (Å²) in [4.78, 5) is 0. The fourth-order valence-corrected chi connectivity index (χ4v) is 2.54. The highest BCUT2D eigenvalue weighted by molar-refractivity contribution is 7.89. The average Bonchev–Trinajstić information content (AvgIpc) is 2.77. The highest BCUT2D eigenvalue weighted by Crippen LogP contribution is 2.15. The quantitative estimate of drug-likeness (QED) is 0.647. The normalized spacial score (nSPS) is 12.2. The van der Waals surface area contributed by atoms with Crippen molar-refractivity contribution in [1.29, 1.82) is 0 Å². The predicted molar refractivity (Wildman–Crippen MR) is 62.8 cm³/mol. The van der Waals surface area contributed by atoms with Gasteiger partial charge in [0.15, 0.2) is 5.03 Å². The summed E-state index contributed by atoms with van der Waals surface area (Å²) in [6.07, 6.45) is 1.42. The number of nitrogens with one attached hydrogen (secondary N) is 1. The third-order valence-corrected chi connectivity index (χ3v) is 4.19. The second-order valence-corrected chi connectivity index (χ2v) is 5.43. The summed E-state index contributed by atoms with van der Waals surface area (Å²) in [6, 6.07) is 0. The molecule has 0 fully saturated rings. The first-order valence-corrected chi connectivity index (χ1v) is 6.74. The molecule has 8 heteroatoms. The Kier molecular flexibility index (Phi) is 5.06. The second kappa shape index (κ2) is 6.10. The molecule has 0 radical (unpaired) electrons. The maximum atomic E-state index is 12.1. The van der Waals surface area contributed by atoms with E-state index < -0.39 is 10.0 Å². The Morgan fingerprint density at radius 1 is 1.59 bits per heavy atom. The molecule has 0 saturated heterocycles. The number of hydrogen-bond donors (Lipinski definition) is 2. The third-order valence-electron chi connectivity index (χ3n) is 2.32. The molecule has 0 spiro atoms. The van der Waals surface area contributed by atoms with Crippen LogP contribution in [0.25, 0.3) is 0 Å². The highest BCUT2D eigenvalue weighted by Gasteiger charge is 2.25. The molecular formula is C9H18N4O3S. The van der Waals surface area contributed by atoms with Crippen LogP contribution in [0.5, 0.6) is 0 Å². The zero-order valence-electron chi connectivity index (χ0n) is 10.0. The van der Waals surface area contributed by atoms with Crippen molar-refractivity contribution in [1.82, 2.24) is 14.5 Å². The number of hydrogen-bond acceptors (Lipinski definition) is 5. The van der Waals surface area contributed by atoms with Gasteiger partial charge in [0.1, 0.15) is 0 Å². The molecule has 17 heavy (non-hydrogen) atoms. The molecular weight excluding hydrogens is 244 g/mol. The van der Waals surface area contributed by atoms with Gasteiger partial charge in [-0.05, 0) is 6.92 Å². The number of aromatic nitrogens is 2. The van der Waals surface area contributed by atoms with E-state index in [2.05, 4.69) is 10.2 Å². The van der Waals surface area contributed by atoms with E-state index in [-0.39, 0.29) is 11.6 Å². The van der Waals surface area contributed by atoms with Gasteiger partial charge < -0.3 is 10.5 Å². The minimum Gasteiger partial charge on any atom is -0.380 e. The molecule has 0 aliphatic heterocycles. The number of aromatic amines is 1. The van der Waals surface area contributed by atoms with E-state index in [0.717, 1.165) is 0 Å². The minimum atomic E-state index is -3.56. The zero-order chi connectivity index (χ0) is 12.9. The van der Waals surface area contributed by atoms with Crippen molar-refractivity contribution in [2.45, 2.75) is 18.5 Å². The number of nitrogens with two attached hydrogens (primary N) is 1. The van der Waals surface area contributed by atoms with Gasteiger partial charge in [-0.1, -0.05) is 0 Å². The maximum Gasteiger partial charge on any atom is 0.260 e. The summed E-state index contributed by atoms with van der Waals surface area (Å²) in [7, 11) is -2.07. The topological polar surface area (TPSA) is 101 Å². The second-order valence-electron chi connectivity index (χ2n) is 3.45. The number of ether oxygens (including phenoxy) is 1. The van der Waals surface area contributed by atoms with Crippen molar-refractivity contribution < 1.29 is 13.2 Å². The first kappa shape index (κ1) is 14.1. The van der Waals surface area contributed by atoms with E-state index in [1.54, 1.807) is 0 Å². The van der Waals surface area contributed by atoms with Gasteiger partial charge in [-0.25, -0.2) is 8.42 Å². The SMILES string of the molecule is CCOCCN(C)S(=O)(=O)c1[nH]ncc1CN. The average molecular weight is 262 g/mol. The monoisotopic (exact) mass is 262 g/mol. The Labute approximate surface area is 101 Å². The van der Waals surface area contributed by atoms with Gasteiger partial charge in [0.2, 0.25) is 0 Å². The van der Waals surface area contributed by atoms with Crippen molar-refractivity contribution in [2.24, 2.45) is 5.73 Å². The smallest absolute Gasteiger partial charge is 0.260 e. The van der Waals surface area contributed by atoms with E-state index in [1.807, 2.05) is 6.92 Å². The molecule has 1 aromatic rings. The number of sulfonamides is 1. The van der Waals surface area contributed by atoms with Crippen LogP contribution in [0.15, 0.2) is 11.2 Å². The molecule has 0 amide bonds. The summed E-state index contributed by atoms with van der Waals surface area (Å²) >= 11 is 0. The van der Waals surface area contributed by atoms with E-state index in [4.69, 9.17) is 10.5 Å². The van der Waals surface area contributed by atoms with Gasteiger partial charge in [0.25, 0.3) is 10.0 Å². The Hall–Kier alpha value is -0.960. The van der Waals surface area contributed by atoms with Gasteiger partial charge in [-0.2, -0.15) is 9.40 Å². The lowest BCUT2D eigenvalue weighted by atomic mass is 10.4. The van der Waals surface area contributed by atoms with Gasteiger partial charge >= 0.3 is 0 Å². The fraction of sp³-hybridized carbons (Fsp3) is 0.667. The number of nitrogens with zero attached hydrogens (tertiary/aromatic N) is 2. The fourth-order valence-electron chi connectivity index (χ4n) is 1.28. The van der Waals surface area contributed by atoms with Gasteiger partial charge in [-0.3, -0.25) is 5.10 Å². The van der Waals surface area contributed by atoms with Gasteiger partial charge in [0.05, 0.1) is 12.8 Å². The molecule has 98 valence electrons. The Morgan fingerprint density at radius 2 is 2.29 bits per heavy atom. The lowest BCUT2D eigenvalue weighted by molar-refractivity contribution is 0.138. The van der Waals surface area contributed by atoms with Crippen LogP contribution in [0.3, 0.4) is 0 Å². The zero-order valence-corrected chi connectivity index (χ0v) is 10.8. The Bertz CT molecular complexity index is 443. The van der Waals surface area contributed by atoms with Crippen LogP contribution in [0.4, 0.5) is 0 Å². The Balaban J connectivity index is 2.80. The lowest BCUT2D eigenvalue weighted by Crippen LogP contribution is -2.31. The largest absolute Gasteiger partial charge is 0.380 e. The molecule has 0 bridgehead atoms. The number of H-pyrrole nitrogens is 1. The van der Waals surface area contributed by atoms with Crippen LogP contribution in [0, 0.1) is 0 Å². The summed E-state index contributed by atoms with van der Waals surface area (Å²) in [6.45, 7) is 3.20. The van der Waals surface area contributed by atoms with Gasteiger partial charge in [0, 0.05) is 32.3 Å². The lowest BCUT2D eigenvalue weighted by Gasteiger charge is -2.16. The molecule has 3 N–H and O–H groups in total. The number of rotatable bonds is 7. The van der Waals surface area contributed by atoms with Crippen LogP contribution in [0.1, 0.15) is 12.5 Å². The standard InChI is InChI=1S/C9H18N4O3S/c1-3-16-5-4-13(2)17(14,15)9-8(6-10)7-11-12-9/h7H,3-6,10H2,1-2H3,(H,11,12). The van der Waals surface area contributed by atoms with Crippen LogP contribution in [-0.2, 0) is 21.3 Å². The van der Waals surface area contributed by atoms with E-state index in [1.165, 1.54) is 17.5 Å². The predicted octanol–water partition coefficient (Wildman–Crippen LogP) is -0.475. The molecule has 0 saturated carbocycles. The van der Waals surface area contributed by atoms with E-state index in [9.17, 15) is 8.42 Å². The maximum absolute atomic E-state index is 12.1. The van der Waals surface area contributed by atoms with Crippen LogP contribution in [0.2, 0.25) is 0 Å². The summed E-state index contributed by atoms with van der Waals surface area (Å²) in [5.41, 5.74) is 5.93. The van der Waals surface area contributed by atoms with E-state index in [0.29, 0.717) is 25.3 Å². The van der Waals surface area contributed by atoms with Crippen LogP contribution in [-0.4, -0.2) is 49.7 Å². The molecule has 0 atom stereocenters. The molecule has 1 heterocycles. The summed E-state index contributed by atoms with van der Waals surface area (Å²) in [5.74, 6) is 0. The molecule has 0 aliphatic rings.